The van der Waals surface area contributed by atoms with Crippen LogP contribution in [0.5, 0.6) is 0 Å². The Morgan fingerprint density at radius 2 is 1.97 bits per heavy atom. The van der Waals surface area contributed by atoms with E-state index in [-0.39, 0.29) is 17.3 Å². The molecule has 10 nitrogen and oxygen atoms in total. The lowest BCUT2D eigenvalue weighted by atomic mass is 9.97. The fourth-order valence-corrected chi connectivity index (χ4v) is 3.19. The van der Waals surface area contributed by atoms with Crippen LogP contribution in [-0.4, -0.2) is 70.2 Å². The number of halogens is 5. The van der Waals surface area contributed by atoms with Gasteiger partial charge in [-0.3, -0.25) is 0 Å². The van der Waals surface area contributed by atoms with Crippen molar-refractivity contribution in [2.45, 2.75) is 19.0 Å². The monoisotopic (exact) mass is 540 g/mol. The third kappa shape index (κ3) is 8.16. The van der Waals surface area contributed by atoms with Crippen molar-refractivity contribution in [2.75, 3.05) is 37.3 Å². The minimum absolute atomic E-state index is 0.0515. The van der Waals surface area contributed by atoms with Gasteiger partial charge in [0, 0.05) is 12.2 Å². The summed E-state index contributed by atoms with van der Waals surface area (Å²) in [4.78, 5) is 11.2. The van der Waals surface area contributed by atoms with Crippen LogP contribution >= 0.6 is 15.9 Å². The molecule has 0 amide bonds. The standard InChI is InChI=1S/C16H20BrFN6O2.C2HF3O2/c1-24-6-4-10(5-7-24)9-19-15-14(22-26-23-15)16(21-25)20-11-2-3-13(18)12(17)8-11;3-2(4,5)1(6)7/h2-3,8,10,25H,4-7,9H2,1H3,(H,19,23)(H,20,21);(H,6,7). The first-order valence-electron chi connectivity index (χ1n) is 9.50. The number of piperidine rings is 1. The Bertz CT molecular complexity index is 964. The van der Waals surface area contributed by atoms with E-state index in [9.17, 15) is 22.8 Å². The second-order valence-electron chi connectivity index (χ2n) is 7.09. The smallest absolute Gasteiger partial charge is 0.475 e. The van der Waals surface area contributed by atoms with Crippen LogP contribution < -0.4 is 10.6 Å². The number of oxime groups is 1. The number of likely N-dealkylation sites (tertiary alicyclic amines) is 1. The maximum atomic E-state index is 13.4. The molecule has 0 unspecified atom stereocenters. The third-order valence-corrected chi connectivity index (χ3v) is 5.24. The van der Waals surface area contributed by atoms with Crippen molar-refractivity contribution < 1.29 is 37.3 Å². The number of anilines is 2. The van der Waals surface area contributed by atoms with Gasteiger partial charge >= 0.3 is 12.1 Å². The molecule has 0 aliphatic carbocycles. The number of carboxylic acids is 1. The molecule has 1 aromatic heterocycles. The number of nitrogens with one attached hydrogen (secondary N) is 2. The van der Waals surface area contributed by atoms with Gasteiger partial charge in [0.05, 0.1) is 4.47 Å². The molecule has 0 saturated carbocycles. The Kier molecular flexibility index (Phi) is 9.40. The molecule has 0 bridgehead atoms. The van der Waals surface area contributed by atoms with Crippen LogP contribution in [-0.2, 0) is 4.79 Å². The summed E-state index contributed by atoms with van der Waals surface area (Å²) in [6.45, 7) is 2.87. The van der Waals surface area contributed by atoms with E-state index < -0.39 is 12.1 Å². The predicted octanol–water partition coefficient (Wildman–Crippen LogP) is 3.61. The first-order valence-corrected chi connectivity index (χ1v) is 10.3. The highest BCUT2D eigenvalue weighted by Gasteiger charge is 2.38. The zero-order chi connectivity index (χ0) is 24.6. The van der Waals surface area contributed by atoms with E-state index in [2.05, 4.69) is 54.0 Å². The number of nitrogens with zero attached hydrogens (tertiary/aromatic N) is 4. The molecule has 15 heteroatoms. The van der Waals surface area contributed by atoms with Crippen molar-refractivity contribution in [1.29, 1.82) is 0 Å². The number of carboxylic acid groups (broad SMARTS) is 1. The minimum Gasteiger partial charge on any atom is -0.475 e. The van der Waals surface area contributed by atoms with E-state index in [0.717, 1.165) is 32.5 Å². The predicted molar refractivity (Wildman–Crippen MR) is 113 cm³/mol. The highest BCUT2D eigenvalue weighted by atomic mass is 79.9. The quantitative estimate of drug-likeness (QED) is 0.147. The SMILES string of the molecule is CN1CCC(CNc2nonc2C(=NO)Nc2ccc(F)c(Br)c2)CC1.O=C(O)C(F)(F)F. The number of carbonyl (C=O) groups is 1. The lowest BCUT2D eigenvalue weighted by Gasteiger charge is -2.28. The van der Waals surface area contributed by atoms with Gasteiger partial charge in [-0.25, -0.2) is 13.8 Å². The molecule has 2 heterocycles. The topological polar surface area (TPSA) is 136 Å². The number of hydrogen-bond acceptors (Lipinski definition) is 8. The Morgan fingerprint density at radius 1 is 1.33 bits per heavy atom. The van der Waals surface area contributed by atoms with E-state index in [1.54, 1.807) is 0 Å². The normalized spacial score (nSPS) is 15.5. The molecule has 182 valence electrons. The van der Waals surface area contributed by atoms with Crippen LogP contribution in [0, 0.1) is 11.7 Å². The molecular formula is C18H21BrF4N6O4. The average Bonchev–Trinajstić information content (AvgIpc) is 3.22. The third-order valence-electron chi connectivity index (χ3n) is 4.63. The number of hydrogen-bond donors (Lipinski definition) is 4. The van der Waals surface area contributed by atoms with E-state index in [0.29, 0.717) is 21.9 Å². The van der Waals surface area contributed by atoms with Crippen molar-refractivity contribution in [2.24, 2.45) is 11.1 Å². The highest BCUT2D eigenvalue weighted by Crippen LogP contribution is 2.22. The average molecular weight is 541 g/mol. The molecule has 1 fully saturated rings. The molecule has 3 rings (SSSR count). The largest absolute Gasteiger partial charge is 0.490 e. The van der Waals surface area contributed by atoms with E-state index >= 15 is 0 Å². The Labute approximate surface area is 193 Å². The van der Waals surface area contributed by atoms with E-state index in [4.69, 9.17) is 14.5 Å². The van der Waals surface area contributed by atoms with Gasteiger partial charge in [0.1, 0.15) is 5.82 Å². The van der Waals surface area contributed by atoms with Gasteiger partial charge < -0.3 is 25.8 Å². The van der Waals surface area contributed by atoms with Crippen LogP contribution in [0.4, 0.5) is 29.1 Å². The van der Waals surface area contributed by atoms with Crippen molar-refractivity contribution in [3.05, 3.63) is 34.2 Å². The fraction of sp³-hybridized carbons (Fsp3) is 0.444. The molecule has 1 aromatic carbocycles. The van der Waals surface area contributed by atoms with Crippen molar-refractivity contribution in [1.82, 2.24) is 15.2 Å². The van der Waals surface area contributed by atoms with Crippen LogP contribution in [0.3, 0.4) is 0 Å². The maximum Gasteiger partial charge on any atom is 0.490 e. The molecule has 0 atom stereocenters. The first kappa shape index (κ1) is 26.3. The van der Waals surface area contributed by atoms with Gasteiger partial charge in [-0.1, -0.05) is 5.16 Å². The van der Waals surface area contributed by atoms with E-state index in [1.165, 1.54) is 18.2 Å². The van der Waals surface area contributed by atoms with Crippen LogP contribution in [0.15, 0.2) is 32.5 Å². The van der Waals surface area contributed by atoms with Crippen molar-refractivity contribution in [3.63, 3.8) is 0 Å². The summed E-state index contributed by atoms with van der Waals surface area (Å²) in [6, 6.07) is 4.34. The molecule has 1 aliphatic rings. The number of aromatic nitrogens is 2. The molecule has 1 saturated heterocycles. The number of alkyl halides is 3. The molecular weight excluding hydrogens is 520 g/mol. The number of benzene rings is 1. The Balaban J connectivity index is 0.000000479. The van der Waals surface area contributed by atoms with Gasteiger partial charge in [0.15, 0.2) is 5.69 Å². The second kappa shape index (κ2) is 11.8. The van der Waals surface area contributed by atoms with Crippen LogP contribution in [0.2, 0.25) is 0 Å². The van der Waals surface area contributed by atoms with Crippen LogP contribution in [0.1, 0.15) is 18.5 Å². The number of rotatable bonds is 5. The molecule has 2 aromatic rings. The number of aliphatic carboxylic acids is 1. The molecule has 0 spiro atoms. The van der Waals surface area contributed by atoms with Gasteiger partial charge in [-0.2, -0.15) is 13.2 Å². The van der Waals surface area contributed by atoms with Gasteiger partial charge in [-0.05, 0) is 83.3 Å². The summed E-state index contributed by atoms with van der Waals surface area (Å²) < 4.78 is 50.2. The summed E-state index contributed by atoms with van der Waals surface area (Å²) in [7, 11) is 2.12. The number of amidine groups is 1. The summed E-state index contributed by atoms with van der Waals surface area (Å²) >= 11 is 3.11. The Morgan fingerprint density at radius 3 is 2.52 bits per heavy atom. The summed E-state index contributed by atoms with van der Waals surface area (Å²) in [5, 5.41) is 33.4. The van der Waals surface area contributed by atoms with Gasteiger partial charge in [0.25, 0.3) is 0 Å². The molecule has 33 heavy (non-hydrogen) atoms. The zero-order valence-corrected chi connectivity index (χ0v) is 18.8. The first-order chi connectivity index (χ1) is 15.5. The summed E-state index contributed by atoms with van der Waals surface area (Å²) in [5.41, 5.74) is 0.774. The molecule has 4 N–H and O–H groups in total. The maximum absolute atomic E-state index is 13.4. The Hall–Kier alpha value is -2.94. The van der Waals surface area contributed by atoms with Gasteiger partial charge in [0.2, 0.25) is 11.7 Å². The van der Waals surface area contributed by atoms with Crippen LogP contribution in [0.25, 0.3) is 0 Å². The minimum atomic E-state index is -5.08. The lowest BCUT2D eigenvalue weighted by Crippen LogP contribution is -2.33. The van der Waals surface area contributed by atoms with Crippen molar-refractivity contribution >= 4 is 39.2 Å². The molecule has 1 aliphatic heterocycles. The lowest BCUT2D eigenvalue weighted by molar-refractivity contribution is -0.192. The second-order valence-corrected chi connectivity index (χ2v) is 7.95. The summed E-state index contributed by atoms with van der Waals surface area (Å²) in [6.07, 6.45) is -2.88. The molecule has 0 radical (unpaired) electrons. The van der Waals surface area contributed by atoms with Crippen molar-refractivity contribution in [3.8, 4) is 0 Å². The highest BCUT2D eigenvalue weighted by molar-refractivity contribution is 9.10. The zero-order valence-electron chi connectivity index (χ0n) is 17.2. The summed E-state index contributed by atoms with van der Waals surface area (Å²) in [5.74, 6) is -2.17. The van der Waals surface area contributed by atoms with E-state index in [1.807, 2.05) is 0 Å². The van der Waals surface area contributed by atoms with Gasteiger partial charge in [-0.15, -0.1) is 0 Å². The fourth-order valence-electron chi connectivity index (χ4n) is 2.81.